The molecule has 4 heteroatoms. The molecule has 18 heavy (non-hydrogen) atoms. The van der Waals surface area contributed by atoms with E-state index in [9.17, 15) is 4.79 Å². The van der Waals surface area contributed by atoms with Crippen LogP contribution in [0.1, 0.15) is 53.4 Å². The maximum absolute atomic E-state index is 11.8. The standard InChI is InChI=1S/C14H29NO3/c1-6-8-9-10-18-12(3)11-14(4,15-7-2)13(16)17-5/h12,15H,6-11H2,1-5H3. The minimum absolute atomic E-state index is 0.0463. The van der Waals surface area contributed by atoms with Crippen molar-refractivity contribution in [3.8, 4) is 0 Å². The normalized spacial score (nSPS) is 16.1. The fourth-order valence-corrected chi connectivity index (χ4v) is 2.11. The summed E-state index contributed by atoms with van der Waals surface area (Å²) in [6.45, 7) is 9.52. The highest BCUT2D eigenvalue weighted by Gasteiger charge is 2.35. The summed E-state index contributed by atoms with van der Waals surface area (Å²) >= 11 is 0. The van der Waals surface area contributed by atoms with Gasteiger partial charge in [0.2, 0.25) is 0 Å². The third-order valence-corrected chi connectivity index (χ3v) is 3.05. The number of hydrogen-bond donors (Lipinski definition) is 1. The number of ether oxygens (including phenoxy) is 2. The average molecular weight is 259 g/mol. The van der Waals surface area contributed by atoms with Crippen LogP contribution in [0.3, 0.4) is 0 Å². The van der Waals surface area contributed by atoms with Crippen LogP contribution in [0, 0.1) is 0 Å². The smallest absolute Gasteiger partial charge is 0.325 e. The second kappa shape index (κ2) is 9.34. The monoisotopic (exact) mass is 259 g/mol. The molecule has 2 atom stereocenters. The van der Waals surface area contributed by atoms with E-state index in [-0.39, 0.29) is 12.1 Å². The van der Waals surface area contributed by atoms with Crippen molar-refractivity contribution in [1.82, 2.24) is 5.32 Å². The molecule has 0 aliphatic carbocycles. The van der Waals surface area contributed by atoms with Gasteiger partial charge in [0.1, 0.15) is 5.54 Å². The Morgan fingerprint density at radius 1 is 1.33 bits per heavy atom. The number of carbonyl (C=O) groups excluding carboxylic acids is 1. The van der Waals surface area contributed by atoms with Crippen molar-refractivity contribution in [2.75, 3.05) is 20.3 Å². The molecule has 0 radical (unpaired) electrons. The molecule has 0 aliphatic heterocycles. The van der Waals surface area contributed by atoms with E-state index in [2.05, 4.69) is 12.2 Å². The van der Waals surface area contributed by atoms with Crippen molar-refractivity contribution in [3.05, 3.63) is 0 Å². The summed E-state index contributed by atoms with van der Waals surface area (Å²) in [5, 5.41) is 3.19. The molecule has 0 heterocycles. The van der Waals surface area contributed by atoms with Crippen LogP contribution in [0.25, 0.3) is 0 Å². The highest BCUT2D eigenvalue weighted by atomic mass is 16.5. The van der Waals surface area contributed by atoms with Gasteiger partial charge in [0.05, 0.1) is 13.2 Å². The molecular weight excluding hydrogens is 230 g/mol. The van der Waals surface area contributed by atoms with Crippen molar-refractivity contribution in [1.29, 1.82) is 0 Å². The molecule has 4 nitrogen and oxygen atoms in total. The molecule has 0 saturated heterocycles. The molecule has 0 aromatic carbocycles. The lowest BCUT2D eigenvalue weighted by atomic mass is 9.94. The molecule has 108 valence electrons. The summed E-state index contributed by atoms with van der Waals surface area (Å²) < 4.78 is 10.6. The fraction of sp³-hybridized carbons (Fsp3) is 0.929. The minimum atomic E-state index is -0.659. The van der Waals surface area contributed by atoms with Gasteiger partial charge in [-0.25, -0.2) is 0 Å². The van der Waals surface area contributed by atoms with Gasteiger partial charge in [-0.05, 0) is 26.8 Å². The summed E-state index contributed by atoms with van der Waals surface area (Å²) in [4.78, 5) is 11.8. The van der Waals surface area contributed by atoms with Crippen LogP contribution in [0.4, 0.5) is 0 Å². The van der Waals surface area contributed by atoms with Crippen LogP contribution in [0.15, 0.2) is 0 Å². The largest absolute Gasteiger partial charge is 0.468 e. The third kappa shape index (κ3) is 6.36. The first kappa shape index (κ1) is 17.4. The summed E-state index contributed by atoms with van der Waals surface area (Å²) in [6, 6.07) is 0. The topological polar surface area (TPSA) is 47.6 Å². The maximum Gasteiger partial charge on any atom is 0.325 e. The second-order valence-electron chi connectivity index (χ2n) is 4.95. The van der Waals surface area contributed by atoms with Gasteiger partial charge in [-0.2, -0.15) is 0 Å². The van der Waals surface area contributed by atoms with Gasteiger partial charge < -0.3 is 14.8 Å². The van der Waals surface area contributed by atoms with Crippen LogP contribution in [-0.4, -0.2) is 37.9 Å². The highest BCUT2D eigenvalue weighted by molar-refractivity contribution is 5.80. The van der Waals surface area contributed by atoms with Crippen LogP contribution < -0.4 is 5.32 Å². The Bertz CT molecular complexity index is 233. The molecule has 0 saturated carbocycles. The van der Waals surface area contributed by atoms with Gasteiger partial charge in [-0.15, -0.1) is 0 Å². The predicted octanol–water partition coefficient (Wildman–Crippen LogP) is 2.51. The molecule has 0 spiro atoms. The zero-order chi connectivity index (χ0) is 14.0. The van der Waals surface area contributed by atoms with Crippen molar-refractivity contribution < 1.29 is 14.3 Å². The van der Waals surface area contributed by atoms with Crippen LogP contribution in [0.5, 0.6) is 0 Å². The quantitative estimate of drug-likeness (QED) is 0.484. The zero-order valence-electron chi connectivity index (χ0n) is 12.5. The van der Waals surface area contributed by atoms with Crippen LogP contribution in [0.2, 0.25) is 0 Å². The van der Waals surface area contributed by atoms with Gasteiger partial charge in [-0.1, -0.05) is 26.7 Å². The summed E-state index contributed by atoms with van der Waals surface area (Å²) in [5.74, 6) is -0.228. The number of rotatable bonds is 10. The second-order valence-corrected chi connectivity index (χ2v) is 4.95. The first-order valence-corrected chi connectivity index (χ1v) is 6.95. The Morgan fingerprint density at radius 3 is 2.50 bits per heavy atom. The van der Waals surface area contributed by atoms with Crippen molar-refractivity contribution in [2.24, 2.45) is 0 Å². The Kier molecular flexibility index (Phi) is 9.02. The van der Waals surface area contributed by atoms with E-state index in [0.29, 0.717) is 6.42 Å². The Morgan fingerprint density at radius 2 is 2.00 bits per heavy atom. The summed E-state index contributed by atoms with van der Waals surface area (Å²) in [7, 11) is 1.42. The summed E-state index contributed by atoms with van der Waals surface area (Å²) in [6.07, 6.45) is 4.13. The molecule has 0 amide bonds. The van der Waals surface area contributed by atoms with Gasteiger partial charge in [-0.3, -0.25) is 4.79 Å². The van der Waals surface area contributed by atoms with Crippen LogP contribution in [-0.2, 0) is 14.3 Å². The Balaban J connectivity index is 4.18. The van der Waals surface area contributed by atoms with Crippen molar-refractivity contribution in [3.63, 3.8) is 0 Å². The lowest BCUT2D eigenvalue weighted by molar-refractivity contribution is -0.149. The molecule has 2 unspecified atom stereocenters. The van der Waals surface area contributed by atoms with E-state index in [0.717, 1.165) is 19.6 Å². The number of nitrogens with one attached hydrogen (secondary N) is 1. The molecule has 0 rings (SSSR count). The number of unbranched alkanes of at least 4 members (excludes halogenated alkanes) is 2. The first-order valence-electron chi connectivity index (χ1n) is 6.95. The van der Waals surface area contributed by atoms with E-state index in [1.165, 1.54) is 20.0 Å². The first-order chi connectivity index (χ1) is 8.50. The molecule has 0 aromatic heterocycles. The Hall–Kier alpha value is -0.610. The van der Waals surface area contributed by atoms with Gasteiger partial charge in [0, 0.05) is 13.0 Å². The number of esters is 1. The summed E-state index contributed by atoms with van der Waals surface area (Å²) in [5.41, 5.74) is -0.659. The maximum atomic E-state index is 11.8. The van der Waals surface area contributed by atoms with Crippen molar-refractivity contribution in [2.45, 2.75) is 65.0 Å². The van der Waals surface area contributed by atoms with Gasteiger partial charge in [0.15, 0.2) is 0 Å². The minimum Gasteiger partial charge on any atom is -0.468 e. The predicted molar refractivity (Wildman–Crippen MR) is 73.7 cm³/mol. The molecule has 1 N–H and O–H groups in total. The molecule has 0 fully saturated rings. The SMILES string of the molecule is CCCCCOC(C)CC(C)(NCC)C(=O)OC. The molecule has 0 aliphatic rings. The number of hydrogen-bond acceptors (Lipinski definition) is 4. The fourth-order valence-electron chi connectivity index (χ4n) is 2.11. The zero-order valence-corrected chi connectivity index (χ0v) is 12.5. The van der Waals surface area contributed by atoms with Gasteiger partial charge >= 0.3 is 5.97 Å². The average Bonchev–Trinajstić information content (AvgIpc) is 2.33. The number of likely N-dealkylation sites (N-methyl/N-ethyl adjacent to an activating group) is 1. The van der Waals surface area contributed by atoms with Gasteiger partial charge in [0.25, 0.3) is 0 Å². The van der Waals surface area contributed by atoms with E-state index in [1.54, 1.807) is 0 Å². The lowest BCUT2D eigenvalue weighted by Crippen LogP contribution is -2.52. The lowest BCUT2D eigenvalue weighted by Gasteiger charge is -2.30. The third-order valence-electron chi connectivity index (χ3n) is 3.05. The van der Waals surface area contributed by atoms with E-state index in [4.69, 9.17) is 9.47 Å². The molecule has 0 aromatic rings. The van der Waals surface area contributed by atoms with Crippen LogP contribution >= 0.6 is 0 Å². The van der Waals surface area contributed by atoms with E-state index in [1.807, 2.05) is 20.8 Å². The highest BCUT2D eigenvalue weighted by Crippen LogP contribution is 2.16. The van der Waals surface area contributed by atoms with Crippen molar-refractivity contribution >= 4 is 5.97 Å². The number of methoxy groups -OCH3 is 1. The molecule has 0 bridgehead atoms. The Labute approximate surface area is 111 Å². The van der Waals surface area contributed by atoms with E-state index < -0.39 is 5.54 Å². The number of carbonyl (C=O) groups is 1. The molecular formula is C14H29NO3. The van der Waals surface area contributed by atoms with E-state index >= 15 is 0 Å².